The number of carbonyl (C=O) groups is 1. The molecule has 0 atom stereocenters. The van der Waals surface area contributed by atoms with Gasteiger partial charge in [-0.15, -0.1) is 11.3 Å². The van der Waals surface area contributed by atoms with E-state index < -0.39 is 11.7 Å². The van der Waals surface area contributed by atoms with Crippen LogP contribution < -0.4 is 0 Å². The summed E-state index contributed by atoms with van der Waals surface area (Å²) in [6.45, 7) is 0. The van der Waals surface area contributed by atoms with Crippen LogP contribution in [-0.4, -0.2) is 6.29 Å². The highest BCUT2D eigenvalue weighted by atomic mass is 32.1. The third-order valence-corrected chi connectivity index (χ3v) is 3.09. The van der Waals surface area contributed by atoms with E-state index in [9.17, 15) is 18.0 Å². The van der Waals surface area contributed by atoms with E-state index >= 15 is 0 Å². The van der Waals surface area contributed by atoms with E-state index in [1.54, 1.807) is 6.07 Å². The summed E-state index contributed by atoms with van der Waals surface area (Å²) in [5.41, 5.74) is -0.682. The molecule has 0 unspecified atom stereocenters. The van der Waals surface area contributed by atoms with E-state index in [2.05, 4.69) is 0 Å². The van der Waals surface area contributed by atoms with Crippen LogP contribution in [0.5, 0.6) is 0 Å². The quantitative estimate of drug-likeness (QED) is 0.682. The van der Waals surface area contributed by atoms with Crippen molar-refractivity contribution in [1.29, 1.82) is 0 Å². The first-order valence-electron chi connectivity index (χ1n) is 4.07. The van der Waals surface area contributed by atoms with Gasteiger partial charge in [-0.25, -0.2) is 0 Å². The molecule has 2 aromatic rings. The van der Waals surface area contributed by atoms with Crippen LogP contribution in [0.4, 0.5) is 13.2 Å². The van der Waals surface area contributed by atoms with E-state index in [-0.39, 0.29) is 4.70 Å². The molecular formula is C10H5F3OS. The van der Waals surface area contributed by atoms with Crippen LogP contribution in [-0.2, 0) is 6.18 Å². The van der Waals surface area contributed by atoms with Gasteiger partial charge >= 0.3 is 6.18 Å². The predicted molar refractivity (Wildman–Crippen MR) is 52.2 cm³/mol. The number of halogens is 3. The van der Waals surface area contributed by atoms with Crippen molar-refractivity contribution in [2.75, 3.05) is 0 Å². The lowest BCUT2D eigenvalue weighted by Gasteiger charge is -2.06. The molecule has 0 radical (unpaired) electrons. The van der Waals surface area contributed by atoms with Crippen molar-refractivity contribution in [3.05, 3.63) is 34.7 Å². The van der Waals surface area contributed by atoms with E-state index in [0.29, 0.717) is 16.5 Å². The largest absolute Gasteiger partial charge is 0.417 e. The molecule has 0 N–H and O–H groups in total. The molecule has 0 bridgehead atoms. The molecular weight excluding hydrogens is 225 g/mol. The zero-order valence-corrected chi connectivity index (χ0v) is 8.15. The Balaban J connectivity index is 2.75. The summed E-state index contributed by atoms with van der Waals surface area (Å²) in [4.78, 5) is 10.8. The smallest absolute Gasteiger partial charge is 0.297 e. The number of hydrogen-bond donors (Lipinski definition) is 0. The zero-order valence-electron chi connectivity index (χ0n) is 7.34. The van der Waals surface area contributed by atoms with Gasteiger partial charge < -0.3 is 0 Å². The number of aldehydes is 1. The van der Waals surface area contributed by atoms with Crippen molar-refractivity contribution >= 4 is 27.7 Å². The molecule has 0 saturated carbocycles. The fourth-order valence-corrected chi connectivity index (χ4v) is 2.37. The van der Waals surface area contributed by atoms with E-state index in [0.717, 1.165) is 17.4 Å². The fourth-order valence-electron chi connectivity index (χ4n) is 1.36. The molecule has 0 amide bonds. The van der Waals surface area contributed by atoms with Gasteiger partial charge in [-0.1, -0.05) is 12.1 Å². The Morgan fingerprint density at radius 3 is 2.60 bits per heavy atom. The van der Waals surface area contributed by atoms with Crippen molar-refractivity contribution in [3.63, 3.8) is 0 Å². The highest BCUT2D eigenvalue weighted by molar-refractivity contribution is 7.20. The lowest BCUT2D eigenvalue weighted by atomic mass is 10.1. The summed E-state index contributed by atoms with van der Waals surface area (Å²) in [6.07, 6.45) is -3.81. The minimum Gasteiger partial charge on any atom is -0.297 e. The molecule has 0 aliphatic heterocycles. The molecule has 5 heteroatoms. The number of hydrogen-bond acceptors (Lipinski definition) is 2. The normalized spacial score (nSPS) is 11.9. The van der Waals surface area contributed by atoms with Crippen LogP contribution in [0.1, 0.15) is 15.2 Å². The van der Waals surface area contributed by atoms with Crippen molar-refractivity contribution in [3.8, 4) is 0 Å². The van der Waals surface area contributed by atoms with Crippen molar-refractivity contribution < 1.29 is 18.0 Å². The van der Waals surface area contributed by atoms with E-state index in [4.69, 9.17) is 0 Å². The Morgan fingerprint density at radius 1 is 1.27 bits per heavy atom. The Kier molecular flexibility index (Phi) is 2.26. The molecule has 2 rings (SSSR count). The molecule has 1 heterocycles. The first-order valence-corrected chi connectivity index (χ1v) is 4.89. The van der Waals surface area contributed by atoms with Gasteiger partial charge in [0.1, 0.15) is 0 Å². The maximum Gasteiger partial charge on any atom is 0.417 e. The number of alkyl halides is 3. The highest BCUT2D eigenvalue weighted by Crippen LogP contribution is 2.38. The topological polar surface area (TPSA) is 17.1 Å². The molecule has 0 aliphatic carbocycles. The van der Waals surface area contributed by atoms with Crippen LogP contribution in [0.2, 0.25) is 0 Å². The van der Waals surface area contributed by atoms with Gasteiger partial charge in [0.05, 0.1) is 10.4 Å². The van der Waals surface area contributed by atoms with Crippen molar-refractivity contribution in [2.45, 2.75) is 6.18 Å². The van der Waals surface area contributed by atoms with Gasteiger partial charge in [-0.05, 0) is 17.5 Å². The van der Waals surface area contributed by atoms with Crippen molar-refractivity contribution in [2.24, 2.45) is 0 Å². The van der Waals surface area contributed by atoms with Gasteiger partial charge in [-0.2, -0.15) is 13.2 Å². The Morgan fingerprint density at radius 2 is 2.00 bits per heavy atom. The molecule has 1 aromatic heterocycles. The SMILES string of the molecule is O=Cc1cc2cccc(C(F)(F)F)c2s1. The molecule has 1 nitrogen and oxygen atoms in total. The summed E-state index contributed by atoms with van der Waals surface area (Å²) in [5, 5.41) is 0.455. The van der Waals surface area contributed by atoms with Gasteiger partial charge in [0.25, 0.3) is 0 Å². The molecule has 0 saturated heterocycles. The lowest BCUT2D eigenvalue weighted by molar-refractivity contribution is -0.136. The molecule has 0 fully saturated rings. The summed E-state index contributed by atoms with van der Waals surface area (Å²) in [6, 6.07) is 5.39. The highest BCUT2D eigenvalue weighted by Gasteiger charge is 2.33. The first-order chi connectivity index (χ1) is 7.02. The molecule has 1 aromatic carbocycles. The van der Waals surface area contributed by atoms with Crippen LogP contribution in [0.3, 0.4) is 0 Å². The van der Waals surface area contributed by atoms with Crippen LogP contribution in [0, 0.1) is 0 Å². The first kappa shape index (κ1) is 10.2. The number of benzene rings is 1. The fraction of sp³-hybridized carbons (Fsp3) is 0.100. The van der Waals surface area contributed by atoms with Gasteiger partial charge in [0.2, 0.25) is 0 Å². The average molecular weight is 230 g/mol. The predicted octanol–water partition coefficient (Wildman–Crippen LogP) is 3.73. The van der Waals surface area contributed by atoms with Crippen LogP contribution >= 0.6 is 11.3 Å². The van der Waals surface area contributed by atoms with Gasteiger partial charge in [-0.3, -0.25) is 4.79 Å². The summed E-state index contributed by atoms with van der Waals surface area (Å²) >= 11 is 0.863. The lowest BCUT2D eigenvalue weighted by Crippen LogP contribution is -2.04. The van der Waals surface area contributed by atoms with Gasteiger partial charge in [0.15, 0.2) is 6.29 Å². The van der Waals surface area contributed by atoms with Crippen LogP contribution in [0.25, 0.3) is 10.1 Å². The second kappa shape index (κ2) is 3.34. The number of carbonyl (C=O) groups excluding carboxylic acids is 1. The summed E-state index contributed by atoms with van der Waals surface area (Å²) in [7, 11) is 0. The standard InChI is InChI=1S/C10H5F3OS/c11-10(12,13)8-3-1-2-6-4-7(5-14)15-9(6)8/h1-5H. The second-order valence-corrected chi connectivity index (χ2v) is 4.07. The minimum absolute atomic E-state index is 0.118. The maximum atomic E-state index is 12.5. The molecule has 15 heavy (non-hydrogen) atoms. The summed E-state index contributed by atoms with van der Waals surface area (Å²) in [5.74, 6) is 0. The Labute approximate surface area is 87.1 Å². The van der Waals surface area contributed by atoms with E-state index in [1.807, 2.05) is 0 Å². The van der Waals surface area contributed by atoms with Crippen LogP contribution in [0.15, 0.2) is 24.3 Å². The number of rotatable bonds is 1. The number of thiophene rings is 1. The molecule has 0 spiro atoms. The number of fused-ring (bicyclic) bond motifs is 1. The Hall–Kier alpha value is -1.36. The Bertz CT molecular complexity index is 513. The molecule has 0 aliphatic rings. The minimum atomic E-state index is -4.37. The third kappa shape index (κ3) is 1.74. The second-order valence-electron chi connectivity index (χ2n) is 2.99. The molecule has 78 valence electrons. The van der Waals surface area contributed by atoms with E-state index in [1.165, 1.54) is 12.1 Å². The van der Waals surface area contributed by atoms with Crippen molar-refractivity contribution in [1.82, 2.24) is 0 Å². The average Bonchev–Trinajstić information content (AvgIpc) is 2.57. The zero-order chi connectivity index (χ0) is 11.1. The van der Waals surface area contributed by atoms with Gasteiger partial charge in [0, 0.05) is 4.70 Å². The monoisotopic (exact) mass is 230 g/mol. The third-order valence-electron chi connectivity index (χ3n) is 1.98. The summed E-state index contributed by atoms with van der Waals surface area (Å²) < 4.78 is 37.8. The maximum absolute atomic E-state index is 12.5.